The molecule has 0 N–H and O–H groups in total. The summed E-state index contributed by atoms with van der Waals surface area (Å²) in [5.41, 5.74) is 1.39. The minimum Gasteiger partial charge on any atom is -0.368 e. The van der Waals surface area contributed by atoms with Gasteiger partial charge in [0.1, 0.15) is 6.10 Å². The first-order chi connectivity index (χ1) is 4.47. The molecule has 0 spiro atoms. The van der Waals surface area contributed by atoms with Crippen LogP contribution >= 0.6 is 0 Å². The zero-order valence-corrected chi connectivity index (χ0v) is 5.34. The Morgan fingerprint density at radius 3 is 2.89 bits per heavy atom. The fourth-order valence-electron chi connectivity index (χ4n) is 1.11. The lowest BCUT2D eigenvalue weighted by atomic mass is 10.1. The Labute approximate surface area is 55.0 Å². The molecule has 1 aliphatic carbocycles. The molecule has 0 saturated carbocycles. The van der Waals surface area contributed by atoms with Crippen molar-refractivity contribution in [2.24, 2.45) is 0 Å². The zero-order chi connectivity index (χ0) is 6.10. The van der Waals surface area contributed by atoms with Crippen LogP contribution in [0.4, 0.5) is 0 Å². The molecule has 0 aromatic rings. The third kappa shape index (κ3) is 1.06. The standard InChI is InChI=1S/C8H10O/c1-2-4-7(5-3-1)8-6-9-8/h2,4-5,8H,1,3,6H2/t8-/m1/s1. The zero-order valence-electron chi connectivity index (χ0n) is 5.34. The molecular weight excluding hydrogens is 112 g/mol. The van der Waals surface area contributed by atoms with Crippen LogP contribution in [-0.2, 0) is 4.74 Å². The van der Waals surface area contributed by atoms with Gasteiger partial charge in [0, 0.05) is 0 Å². The van der Waals surface area contributed by atoms with Gasteiger partial charge in [0.2, 0.25) is 0 Å². The largest absolute Gasteiger partial charge is 0.368 e. The van der Waals surface area contributed by atoms with E-state index in [9.17, 15) is 0 Å². The predicted octanol–water partition coefficient (Wildman–Crippen LogP) is 1.66. The van der Waals surface area contributed by atoms with Gasteiger partial charge in [0.25, 0.3) is 0 Å². The van der Waals surface area contributed by atoms with E-state index in [2.05, 4.69) is 18.2 Å². The molecular formula is C8H10O. The van der Waals surface area contributed by atoms with Crippen LogP contribution in [-0.4, -0.2) is 12.7 Å². The number of hydrogen-bond donors (Lipinski definition) is 0. The van der Waals surface area contributed by atoms with E-state index >= 15 is 0 Å². The van der Waals surface area contributed by atoms with Gasteiger partial charge < -0.3 is 4.74 Å². The number of allylic oxidation sites excluding steroid dienone is 2. The van der Waals surface area contributed by atoms with E-state index in [1.54, 1.807) is 0 Å². The number of rotatable bonds is 1. The van der Waals surface area contributed by atoms with E-state index in [1.807, 2.05) is 0 Å². The first kappa shape index (κ1) is 5.24. The predicted molar refractivity (Wildman–Crippen MR) is 36.2 cm³/mol. The molecule has 9 heavy (non-hydrogen) atoms. The van der Waals surface area contributed by atoms with Crippen LogP contribution in [0.1, 0.15) is 12.8 Å². The molecule has 0 bridgehead atoms. The molecule has 48 valence electrons. The quantitative estimate of drug-likeness (QED) is 0.482. The van der Waals surface area contributed by atoms with E-state index < -0.39 is 0 Å². The van der Waals surface area contributed by atoms with Crippen molar-refractivity contribution < 1.29 is 4.74 Å². The van der Waals surface area contributed by atoms with E-state index in [1.165, 1.54) is 18.4 Å². The summed E-state index contributed by atoms with van der Waals surface area (Å²) in [5.74, 6) is 0. The topological polar surface area (TPSA) is 12.5 Å². The molecule has 0 amide bonds. The molecule has 1 heteroatoms. The van der Waals surface area contributed by atoms with Crippen LogP contribution in [0.2, 0.25) is 0 Å². The Balaban J connectivity index is 2.08. The first-order valence-corrected chi connectivity index (χ1v) is 3.45. The molecule has 1 fully saturated rings. The maximum Gasteiger partial charge on any atom is 0.106 e. The minimum absolute atomic E-state index is 0.460. The summed E-state index contributed by atoms with van der Waals surface area (Å²) < 4.78 is 5.13. The normalized spacial score (nSPS) is 32.0. The number of hydrogen-bond acceptors (Lipinski definition) is 1. The van der Waals surface area contributed by atoms with Crippen LogP contribution in [0.5, 0.6) is 0 Å². The monoisotopic (exact) mass is 122 g/mol. The molecule has 1 aliphatic heterocycles. The summed E-state index contributed by atoms with van der Waals surface area (Å²) in [7, 11) is 0. The van der Waals surface area contributed by atoms with Gasteiger partial charge in [-0.15, -0.1) is 0 Å². The van der Waals surface area contributed by atoms with E-state index in [-0.39, 0.29) is 0 Å². The van der Waals surface area contributed by atoms with Crippen molar-refractivity contribution in [2.45, 2.75) is 18.9 Å². The molecule has 0 aromatic carbocycles. The van der Waals surface area contributed by atoms with Gasteiger partial charge in [0.05, 0.1) is 6.61 Å². The number of ether oxygens (including phenoxy) is 1. The van der Waals surface area contributed by atoms with Gasteiger partial charge in [-0.05, 0) is 18.4 Å². The maximum atomic E-state index is 5.13. The summed E-state index contributed by atoms with van der Waals surface area (Å²) in [6.45, 7) is 0.941. The third-order valence-electron chi connectivity index (χ3n) is 1.73. The van der Waals surface area contributed by atoms with E-state index in [0.29, 0.717) is 6.10 Å². The van der Waals surface area contributed by atoms with Gasteiger partial charge in [-0.1, -0.05) is 18.2 Å². The summed E-state index contributed by atoms with van der Waals surface area (Å²) in [5, 5.41) is 0. The highest BCUT2D eigenvalue weighted by Gasteiger charge is 2.25. The Morgan fingerprint density at radius 2 is 2.33 bits per heavy atom. The lowest BCUT2D eigenvalue weighted by Crippen LogP contribution is -1.91. The molecule has 0 aromatic heterocycles. The molecule has 0 unspecified atom stereocenters. The lowest BCUT2D eigenvalue weighted by molar-refractivity contribution is 0.434. The lowest BCUT2D eigenvalue weighted by Gasteiger charge is -2.00. The third-order valence-corrected chi connectivity index (χ3v) is 1.73. The van der Waals surface area contributed by atoms with Crippen molar-refractivity contribution in [3.63, 3.8) is 0 Å². The molecule has 2 rings (SSSR count). The average molecular weight is 122 g/mol. The highest BCUT2D eigenvalue weighted by atomic mass is 16.6. The second-order valence-electron chi connectivity index (χ2n) is 2.51. The van der Waals surface area contributed by atoms with Crippen molar-refractivity contribution in [3.05, 3.63) is 23.8 Å². The molecule has 1 saturated heterocycles. The van der Waals surface area contributed by atoms with Crippen LogP contribution in [0, 0.1) is 0 Å². The molecule has 1 nitrogen and oxygen atoms in total. The van der Waals surface area contributed by atoms with Gasteiger partial charge >= 0.3 is 0 Å². The highest BCUT2D eigenvalue weighted by Crippen LogP contribution is 2.23. The first-order valence-electron chi connectivity index (χ1n) is 3.45. The Morgan fingerprint density at radius 1 is 1.44 bits per heavy atom. The average Bonchev–Trinajstić information content (AvgIpc) is 2.71. The van der Waals surface area contributed by atoms with Crippen molar-refractivity contribution in [1.82, 2.24) is 0 Å². The van der Waals surface area contributed by atoms with Crippen LogP contribution in [0.3, 0.4) is 0 Å². The van der Waals surface area contributed by atoms with Crippen LogP contribution in [0.15, 0.2) is 23.8 Å². The summed E-state index contributed by atoms with van der Waals surface area (Å²) in [6.07, 6.45) is 9.54. The minimum atomic E-state index is 0.460. The van der Waals surface area contributed by atoms with Gasteiger partial charge in [-0.2, -0.15) is 0 Å². The second-order valence-corrected chi connectivity index (χ2v) is 2.51. The van der Waals surface area contributed by atoms with Crippen LogP contribution in [0.25, 0.3) is 0 Å². The van der Waals surface area contributed by atoms with Crippen molar-refractivity contribution in [1.29, 1.82) is 0 Å². The smallest absolute Gasteiger partial charge is 0.106 e. The van der Waals surface area contributed by atoms with E-state index in [0.717, 1.165) is 6.61 Å². The second kappa shape index (κ2) is 1.99. The summed E-state index contributed by atoms with van der Waals surface area (Å²) in [4.78, 5) is 0. The van der Waals surface area contributed by atoms with E-state index in [4.69, 9.17) is 4.74 Å². The fourth-order valence-corrected chi connectivity index (χ4v) is 1.11. The molecule has 1 atom stereocenters. The Bertz CT molecular complexity index is 163. The van der Waals surface area contributed by atoms with Gasteiger partial charge in [-0.3, -0.25) is 0 Å². The van der Waals surface area contributed by atoms with Crippen molar-refractivity contribution in [2.75, 3.05) is 6.61 Å². The molecule has 1 heterocycles. The van der Waals surface area contributed by atoms with Gasteiger partial charge in [-0.25, -0.2) is 0 Å². The molecule has 0 radical (unpaired) electrons. The van der Waals surface area contributed by atoms with Crippen molar-refractivity contribution >= 4 is 0 Å². The molecule has 2 aliphatic rings. The SMILES string of the molecule is C1=CC([C@H]2CO2)=CCC1. The Hall–Kier alpha value is -0.560. The Kier molecular flexibility index (Phi) is 1.16. The maximum absolute atomic E-state index is 5.13. The fraction of sp³-hybridized carbons (Fsp3) is 0.500. The van der Waals surface area contributed by atoms with Gasteiger partial charge in [0.15, 0.2) is 0 Å². The van der Waals surface area contributed by atoms with Crippen LogP contribution < -0.4 is 0 Å². The highest BCUT2D eigenvalue weighted by molar-refractivity contribution is 5.28. The summed E-state index contributed by atoms with van der Waals surface area (Å²) in [6, 6.07) is 0. The van der Waals surface area contributed by atoms with Crippen molar-refractivity contribution in [3.8, 4) is 0 Å². The summed E-state index contributed by atoms with van der Waals surface area (Å²) >= 11 is 0. The number of epoxide rings is 1.